The van der Waals surface area contributed by atoms with Crippen molar-refractivity contribution in [1.29, 1.82) is 0 Å². The molecular weight excluding hydrogens is 224 g/mol. The molecule has 3 nitrogen and oxygen atoms in total. The molecule has 2 aliphatic carbocycles. The SMILES string of the molecule is CCOC1CC(CN)(N(C)C2CCCC(C)C2)C1. The Morgan fingerprint density at radius 1 is 1.33 bits per heavy atom. The molecule has 0 spiro atoms. The number of nitrogens with zero attached hydrogens (tertiary/aromatic N) is 1. The van der Waals surface area contributed by atoms with Crippen molar-refractivity contribution in [2.24, 2.45) is 11.7 Å². The number of rotatable bonds is 5. The first kappa shape index (κ1) is 14.3. The van der Waals surface area contributed by atoms with Crippen molar-refractivity contribution in [3.05, 3.63) is 0 Å². The smallest absolute Gasteiger partial charge is 0.0611 e. The number of likely N-dealkylation sites (N-methyl/N-ethyl adjacent to an activating group) is 1. The first-order valence-corrected chi connectivity index (χ1v) is 7.66. The third kappa shape index (κ3) is 2.73. The third-order valence-electron chi connectivity index (χ3n) is 5.20. The summed E-state index contributed by atoms with van der Waals surface area (Å²) in [4.78, 5) is 2.60. The molecular formula is C15H30N2O. The van der Waals surface area contributed by atoms with Crippen LogP contribution < -0.4 is 5.73 Å². The Bertz CT molecular complexity index is 263. The molecule has 106 valence electrons. The van der Waals surface area contributed by atoms with Crippen molar-refractivity contribution < 1.29 is 4.74 Å². The van der Waals surface area contributed by atoms with E-state index in [1.54, 1.807) is 0 Å². The van der Waals surface area contributed by atoms with Gasteiger partial charge in [-0.25, -0.2) is 0 Å². The standard InChI is InChI=1S/C15H30N2O/c1-4-18-14-9-15(10-14,11-16)17(3)13-7-5-6-12(2)8-13/h12-14H,4-11,16H2,1-3H3. The van der Waals surface area contributed by atoms with Gasteiger partial charge in [-0.15, -0.1) is 0 Å². The minimum absolute atomic E-state index is 0.224. The molecule has 2 saturated carbocycles. The maximum Gasteiger partial charge on any atom is 0.0611 e. The lowest BCUT2D eigenvalue weighted by Crippen LogP contribution is -2.65. The van der Waals surface area contributed by atoms with Crippen molar-refractivity contribution in [3.63, 3.8) is 0 Å². The Labute approximate surface area is 112 Å². The molecule has 18 heavy (non-hydrogen) atoms. The number of nitrogens with two attached hydrogens (primary N) is 1. The van der Waals surface area contributed by atoms with E-state index in [0.717, 1.165) is 38.0 Å². The largest absolute Gasteiger partial charge is 0.378 e. The highest BCUT2D eigenvalue weighted by Gasteiger charge is 2.48. The monoisotopic (exact) mass is 254 g/mol. The normalized spacial score (nSPS) is 40.8. The molecule has 0 aliphatic heterocycles. The zero-order valence-electron chi connectivity index (χ0n) is 12.3. The van der Waals surface area contributed by atoms with E-state index in [2.05, 4.69) is 25.8 Å². The molecule has 2 aliphatic rings. The van der Waals surface area contributed by atoms with Crippen molar-refractivity contribution in [2.45, 2.75) is 70.1 Å². The van der Waals surface area contributed by atoms with Gasteiger partial charge < -0.3 is 10.5 Å². The van der Waals surface area contributed by atoms with Crippen molar-refractivity contribution in [2.75, 3.05) is 20.2 Å². The third-order valence-corrected chi connectivity index (χ3v) is 5.20. The second-order valence-corrected chi connectivity index (χ2v) is 6.45. The molecule has 2 rings (SSSR count). The van der Waals surface area contributed by atoms with Gasteiger partial charge in [-0.3, -0.25) is 4.90 Å². The summed E-state index contributed by atoms with van der Waals surface area (Å²) in [5.74, 6) is 0.879. The average molecular weight is 254 g/mol. The quantitative estimate of drug-likeness (QED) is 0.819. The molecule has 2 fully saturated rings. The van der Waals surface area contributed by atoms with Crippen molar-refractivity contribution >= 4 is 0 Å². The van der Waals surface area contributed by atoms with E-state index >= 15 is 0 Å². The summed E-state index contributed by atoms with van der Waals surface area (Å²) < 4.78 is 5.71. The second kappa shape index (κ2) is 5.89. The molecule has 2 unspecified atom stereocenters. The van der Waals surface area contributed by atoms with Gasteiger partial charge in [0.25, 0.3) is 0 Å². The number of ether oxygens (including phenoxy) is 1. The highest BCUT2D eigenvalue weighted by atomic mass is 16.5. The first-order valence-electron chi connectivity index (χ1n) is 7.66. The lowest BCUT2D eigenvalue weighted by molar-refractivity contribution is -0.109. The van der Waals surface area contributed by atoms with E-state index < -0.39 is 0 Å². The van der Waals surface area contributed by atoms with Gasteiger partial charge in [-0.2, -0.15) is 0 Å². The zero-order chi connectivity index (χ0) is 13.2. The van der Waals surface area contributed by atoms with Gasteiger partial charge in [0.05, 0.1) is 6.10 Å². The summed E-state index contributed by atoms with van der Waals surface area (Å²) in [6.45, 7) is 6.07. The predicted molar refractivity (Wildman–Crippen MR) is 75.6 cm³/mol. The van der Waals surface area contributed by atoms with E-state index in [9.17, 15) is 0 Å². The van der Waals surface area contributed by atoms with Crippen molar-refractivity contribution in [1.82, 2.24) is 4.90 Å². The van der Waals surface area contributed by atoms with Crippen molar-refractivity contribution in [3.8, 4) is 0 Å². The fourth-order valence-electron chi connectivity index (χ4n) is 3.88. The van der Waals surface area contributed by atoms with E-state index in [4.69, 9.17) is 10.5 Å². The van der Waals surface area contributed by atoms with Gasteiger partial charge in [0.15, 0.2) is 0 Å². The molecule has 0 bridgehead atoms. The van der Waals surface area contributed by atoms with Gasteiger partial charge in [0, 0.05) is 24.7 Å². The number of hydrogen-bond acceptors (Lipinski definition) is 3. The molecule has 0 aromatic rings. The van der Waals surface area contributed by atoms with Gasteiger partial charge in [-0.05, 0) is 45.6 Å². The van der Waals surface area contributed by atoms with Crippen LogP contribution in [0.2, 0.25) is 0 Å². The molecule has 0 aromatic heterocycles. The minimum atomic E-state index is 0.224. The fourth-order valence-corrected chi connectivity index (χ4v) is 3.88. The topological polar surface area (TPSA) is 38.5 Å². The Morgan fingerprint density at radius 3 is 2.61 bits per heavy atom. The summed E-state index contributed by atoms with van der Waals surface area (Å²) in [5.41, 5.74) is 6.30. The van der Waals surface area contributed by atoms with Gasteiger partial charge >= 0.3 is 0 Å². The summed E-state index contributed by atoms with van der Waals surface area (Å²) in [6.07, 6.45) is 8.17. The number of hydrogen-bond donors (Lipinski definition) is 1. The maximum absolute atomic E-state index is 6.07. The maximum atomic E-state index is 6.07. The molecule has 2 atom stereocenters. The summed E-state index contributed by atoms with van der Waals surface area (Å²) in [5, 5.41) is 0. The Balaban J connectivity index is 1.92. The highest BCUT2D eigenvalue weighted by molar-refractivity contribution is 5.05. The molecule has 0 amide bonds. The summed E-state index contributed by atoms with van der Waals surface area (Å²) >= 11 is 0. The molecule has 0 aromatic carbocycles. The molecule has 0 saturated heterocycles. The van der Waals surface area contributed by atoms with E-state index in [-0.39, 0.29) is 5.54 Å². The Morgan fingerprint density at radius 2 is 2.06 bits per heavy atom. The molecule has 0 radical (unpaired) electrons. The van der Waals surface area contributed by atoms with Crippen LogP contribution in [-0.4, -0.2) is 42.8 Å². The van der Waals surface area contributed by atoms with Crippen LogP contribution in [0.5, 0.6) is 0 Å². The zero-order valence-corrected chi connectivity index (χ0v) is 12.3. The van der Waals surface area contributed by atoms with Crippen LogP contribution in [0.15, 0.2) is 0 Å². The average Bonchev–Trinajstić information content (AvgIpc) is 2.32. The highest BCUT2D eigenvalue weighted by Crippen LogP contribution is 2.42. The van der Waals surface area contributed by atoms with Crippen LogP contribution in [0.4, 0.5) is 0 Å². The van der Waals surface area contributed by atoms with Gasteiger partial charge in [-0.1, -0.05) is 19.8 Å². The Hall–Kier alpha value is -0.120. The van der Waals surface area contributed by atoms with E-state index in [0.29, 0.717) is 6.10 Å². The minimum Gasteiger partial charge on any atom is -0.378 e. The van der Waals surface area contributed by atoms with Crippen LogP contribution in [-0.2, 0) is 4.74 Å². The summed E-state index contributed by atoms with van der Waals surface area (Å²) in [6, 6.07) is 0.736. The Kier molecular flexibility index (Phi) is 4.68. The summed E-state index contributed by atoms with van der Waals surface area (Å²) in [7, 11) is 2.29. The van der Waals surface area contributed by atoms with Crippen LogP contribution in [0.3, 0.4) is 0 Å². The fraction of sp³-hybridized carbons (Fsp3) is 1.00. The van der Waals surface area contributed by atoms with Crippen LogP contribution >= 0.6 is 0 Å². The predicted octanol–water partition coefficient (Wildman–Crippen LogP) is 2.39. The van der Waals surface area contributed by atoms with E-state index in [1.165, 1.54) is 25.7 Å². The first-order chi connectivity index (χ1) is 8.61. The van der Waals surface area contributed by atoms with Crippen LogP contribution in [0.25, 0.3) is 0 Å². The molecule has 2 N–H and O–H groups in total. The molecule has 0 heterocycles. The van der Waals surface area contributed by atoms with Gasteiger partial charge in [0.2, 0.25) is 0 Å². The molecule has 3 heteroatoms. The lowest BCUT2D eigenvalue weighted by Gasteiger charge is -2.55. The van der Waals surface area contributed by atoms with Crippen LogP contribution in [0.1, 0.15) is 52.4 Å². The van der Waals surface area contributed by atoms with Crippen LogP contribution in [0, 0.1) is 5.92 Å². The lowest BCUT2D eigenvalue weighted by atomic mass is 9.71. The second-order valence-electron chi connectivity index (χ2n) is 6.45. The van der Waals surface area contributed by atoms with Gasteiger partial charge in [0.1, 0.15) is 0 Å². The van der Waals surface area contributed by atoms with E-state index in [1.807, 2.05) is 0 Å².